The van der Waals surface area contributed by atoms with E-state index in [0.717, 1.165) is 10.5 Å². The third kappa shape index (κ3) is 4.42. The van der Waals surface area contributed by atoms with Crippen LogP contribution in [0.15, 0.2) is 51.0 Å². The van der Waals surface area contributed by atoms with Crippen LogP contribution in [0.2, 0.25) is 0 Å². The summed E-state index contributed by atoms with van der Waals surface area (Å²) in [6.45, 7) is 1.46. The van der Waals surface area contributed by atoms with Gasteiger partial charge in [0.05, 0.1) is 4.47 Å². The SMILES string of the molecule is Cc1cccc(NC(=O)CN2C(=O)N/C(=C\c3cc(Br)cc(Br)c3O)C2=O)c1. The molecule has 1 aliphatic rings. The summed E-state index contributed by atoms with van der Waals surface area (Å²) >= 11 is 6.51. The third-order valence-corrected chi connectivity index (χ3v) is 4.99. The highest BCUT2D eigenvalue weighted by Crippen LogP contribution is 2.33. The molecule has 1 saturated heterocycles. The summed E-state index contributed by atoms with van der Waals surface area (Å²) in [5.74, 6) is -1.23. The number of carbonyl (C=O) groups is 3. The molecule has 0 spiro atoms. The molecule has 0 aliphatic carbocycles. The Morgan fingerprint density at radius 1 is 1.25 bits per heavy atom. The molecule has 2 aromatic rings. The maximum atomic E-state index is 12.5. The molecule has 28 heavy (non-hydrogen) atoms. The van der Waals surface area contributed by atoms with Gasteiger partial charge in [-0.2, -0.15) is 0 Å². The number of amides is 4. The van der Waals surface area contributed by atoms with Crippen LogP contribution < -0.4 is 10.6 Å². The van der Waals surface area contributed by atoms with Gasteiger partial charge in [-0.25, -0.2) is 9.69 Å². The lowest BCUT2D eigenvalue weighted by molar-refractivity contribution is -0.127. The fourth-order valence-electron chi connectivity index (χ4n) is 2.63. The average Bonchev–Trinajstić information content (AvgIpc) is 2.86. The van der Waals surface area contributed by atoms with Crippen molar-refractivity contribution in [2.75, 3.05) is 11.9 Å². The first-order chi connectivity index (χ1) is 13.2. The number of carbonyl (C=O) groups excluding carboxylic acids is 3. The normalized spacial score (nSPS) is 15.1. The third-order valence-electron chi connectivity index (χ3n) is 3.92. The van der Waals surface area contributed by atoms with E-state index in [9.17, 15) is 19.5 Å². The average molecular weight is 509 g/mol. The summed E-state index contributed by atoms with van der Waals surface area (Å²) in [6.07, 6.45) is 1.35. The predicted molar refractivity (Wildman–Crippen MR) is 112 cm³/mol. The molecule has 0 saturated carbocycles. The Bertz CT molecular complexity index is 1020. The van der Waals surface area contributed by atoms with Gasteiger partial charge in [0.1, 0.15) is 18.0 Å². The number of rotatable bonds is 4. The van der Waals surface area contributed by atoms with Gasteiger partial charge in [-0.3, -0.25) is 9.59 Å². The number of phenols is 1. The molecule has 0 radical (unpaired) electrons. The van der Waals surface area contributed by atoms with Crippen LogP contribution >= 0.6 is 31.9 Å². The summed E-state index contributed by atoms with van der Waals surface area (Å²) in [5, 5.41) is 15.2. The number of hydrogen-bond donors (Lipinski definition) is 3. The number of aryl methyl sites for hydroxylation is 1. The van der Waals surface area contributed by atoms with Crippen molar-refractivity contribution >= 4 is 61.5 Å². The molecule has 9 heteroatoms. The maximum absolute atomic E-state index is 12.5. The number of urea groups is 1. The molecule has 2 aromatic carbocycles. The van der Waals surface area contributed by atoms with Gasteiger partial charge in [0.25, 0.3) is 5.91 Å². The van der Waals surface area contributed by atoms with Crippen LogP contribution in [0.5, 0.6) is 5.75 Å². The van der Waals surface area contributed by atoms with E-state index in [0.29, 0.717) is 20.2 Å². The molecule has 0 unspecified atom stereocenters. The fourth-order valence-corrected chi connectivity index (χ4v) is 3.89. The summed E-state index contributed by atoms with van der Waals surface area (Å²) in [4.78, 5) is 37.7. The van der Waals surface area contributed by atoms with Gasteiger partial charge in [-0.15, -0.1) is 0 Å². The molecule has 3 N–H and O–H groups in total. The zero-order valence-corrected chi connectivity index (χ0v) is 17.8. The number of nitrogens with one attached hydrogen (secondary N) is 2. The van der Waals surface area contributed by atoms with Gasteiger partial charge >= 0.3 is 6.03 Å². The summed E-state index contributed by atoms with van der Waals surface area (Å²) in [7, 11) is 0. The highest BCUT2D eigenvalue weighted by Gasteiger charge is 2.35. The van der Waals surface area contributed by atoms with Gasteiger partial charge in [-0.05, 0) is 58.8 Å². The van der Waals surface area contributed by atoms with E-state index in [2.05, 4.69) is 42.5 Å². The highest BCUT2D eigenvalue weighted by molar-refractivity contribution is 9.11. The van der Waals surface area contributed by atoms with Crippen LogP contribution in [0.25, 0.3) is 6.08 Å². The van der Waals surface area contributed by atoms with E-state index < -0.39 is 24.4 Å². The fraction of sp³-hybridized carbons (Fsp3) is 0.105. The maximum Gasteiger partial charge on any atom is 0.329 e. The topological polar surface area (TPSA) is 98.7 Å². The van der Waals surface area contributed by atoms with E-state index in [-0.39, 0.29) is 11.4 Å². The Balaban J connectivity index is 1.76. The molecule has 3 rings (SSSR count). The van der Waals surface area contributed by atoms with Crippen molar-refractivity contribution in [3.63, 3.8) is 0 Å². The Hall–Kier alpha value is -2.65. The van der Waals surface area contributed by atoms with E-state index >= 15 is 0 Å². The number of halogens is 2. The van der Waals surface area contributed by atoms with Crippen molar-refractivity contribution in [2.45, 2.75) is 6.92 Å². The van der Waals surface area contributed by atoms with Gasteiger partial charge in [0.2, 0.25) is 5.91 Å². The Kier molecular flexibility index (Phi) is 5.85. The van der Waals surface area contributed by atoms with Crippen LogP contribution in [0.1, 0.15) is 11.1 Å². The number of benzene rings is 2. The summed E-state index contributed by atoms with van der Waals surface area (Å²) < 4.78 is 1.11. The quantitative estimate of drug-likeness (QED) is 0.432. The molecule has 0 atom stereocenters. The Morgan fingerprint density at radius 3 is 2.71 bits per heavy atom. The van der Waals surface area contributed by atoms with E-state index in [1.807, 2.05) is 13.0 Å². The van der Waals surface area contributed by atoms with E-state index in [4.69, 9.17) is 0 Å². The summed E-state index contributed by atoms with van der Waals surface area (Å²) in [5.41, 5.74) is 1.85. The molecule has 1 fully saturated rings. The number of imide groups is 1. The van der Waals surface area contributed by atoms with Crippen molar-refractivity contribution in [3.8, 4) is 5.75 Å². The van der Waals surface area contributed by atoms with Crippen LogP contribution in [0, 0.1) is 6.92 Å². The molecule has 144 valence electrons. The van der Waals surface area contributed by atoms with Crippen molar-refractivity contribution < 1.29 is 19.5 Å². The van der Waals surface area contributed by atoms with Gasteiger partial charge < -0.3 is 15.7 Å². The second-order valence-electron chi connectivity index (χ2n) is 6.12. The first kappa shape index (κ1) is 20.1. The van der Waals surface area contributed by atoms with E-state index in [1.54, 1.807) is 30.3 Å². The second-order valence-corrected chi connectivity index (χ2v) is 7.89. The number of phenolic OH excluding ortho intramolecular Hbond substituents is 1. The molecule has 1 heterocycles. The smallest absolute Gasteiger partial charge is 0.329 e. The van der Waals surface area contributed by atoms with Crippen LogP contribution in [0.4, 0.5) is 10.5 Å². The zero-order valence-electron chi connectivity index (χ0n) is 14.6. The predicted octanol–water partition coefficient (Wildman–Crippen LogP) is 3.76. The lowest BCUT2D eigenvalue weighted by Gasteiger charge is -2.12. The van der Waals surface area contributed by atoms with E-state index in [1.165, 1.54) is 6.08 Å². The van der Waals surface area contributed by atoms with Gasteiger partial charge in [0.15, 0.2) is 0 Å². The van der Waals surface area contributed by atoms with Gasteiger partial charge in [0, 0.05) is 15.7 Å². The second kappa shape index (κ2) is 8.15. The van der Waals surface area contributed by atoms with Crippen molar-refractivity contribution in [1.29, 1.82) is 0 Å². The van der Waals surface area contributed by atoms with Crippen LogP contribution in [0.3, 0.4) is 0 Å². The molecular formula is C19H15Br2N3O4. The number of anilines is 1. The van der Waals surface area contributed by atoms with Crippen molar-refractivity contribution in [3.05, 3.63) is 62.2 Å². The lowest BCUT2D eigenvalue weighted by Crippen LogP contribution is -2.38. The van der Waals surface area contributed by atoms with Crippen molar-refractivity contribution in [2.24, 2.45) is 0 Å². The zero-order chi connectivity index (χ0) is 20.4. The van der Waals surface area contributed by atoms with Gasteiger partial charge in [-0.1, -0.05) is 28.1 Å². The standard InChI is InChI=1S/C19H15Br2N3O4/c1-10-3-2-4-13(5-10)22-16(25)9-24-18(27)15(23-19(24)28)7-11-6-12(20)8-14(21)17(11)26/h2-8,26H,9H2,1H3,(H,22,25)(H,23,28)/b15-7-. The number of aromatic hydroxyl groups is 1. The Labute approximate surface area is 177 Å². The molecule has 4 amide bonds. The van der Waals surface area contributed by atoms with Crippen LogP contribution in [-0.2, 0) is 9.59 Å². The minimum absolute atomic E-state index is 0.0337. The first-order valence-corrected chi connectivity index (χ1v) is 9.72. The molecule has 7 nitrogen and oxygen atoms in total. The first-order valence-electron chi connectivity index (χ1n) is 8.13. The monoisotopic (exact) mass is 507 g/mol. The Morgan fingerprint density at radius 2 is 2.00 bits per heavy atom. The number of hydrogen-bond acceptors (Lipinski definition) is 4. The lowest BCUT2D eigenvalue weighted by atomic mass is 10.1. The minimum Gasteiger partial charge on any atom is -0.506 e. The largest absolute Gasteiger partial charge is 0.506 e. The molecule has 0 bridgehead atoms. The molecule has 0 aromatic heterocycles. The highest BCUT2D eigenvalue weighted by atomic mass is 79.9. The molecule has 1 aliphatic heterocycles. The van der Waals surface area contributed by atoms with Crippen LogP contribution in [-0.4, -0.2) is 34.4 Å². The van der Waals surface area contributed by atoms with Crippen molar-refractivity contribution in [1.82, 2.24) is 10.2 Å². The summed E-state index contributed by atoms with van der Waals surface area (Å²) in [6, 6.07) is 9.72. The minimum atomic E-state index is -0.704. The molecular weight excluding hydrogens is 494 g/mol. The number of nitrogens with zero attached hydrogens (tertiary/aromatic N) is 1.